The van der Waals surface area contributed by atoms with Gasteiger partial charge in [-0.1, -0.05) is 0 Å². The van der Waals surface area contributed by atoms with Crippen molar-refractivity contribution in [1.29, 1.82) is 0 Å². The number of likely N-dealkylation sites (tertiary alicyclic amines) is 1. The van der Waals surface area contributed by atoms with Crippen LogP contribution in [0.3, 0.4) is 0 Å². The average molecular weight is 561 g/mol. The summed E-state index contributed by atoms with van der Waals surface area (Å²) >= 11 is 0. The van der Waals surface area contributed by atoms with E-state index in [1.807, 2.05) is 19.2 Å². The zero-order valence-corrected chi connectivity index (χ0v) is 23.3. The molecule has 5 heterocycles. The Balaban J connectivity index is 1.28. The highest BCUT2D eigenvalue weighted by atomic mass is 19.1. The number of anilines is 1. The lowest BCUT2D eigenvalue weighted by Crippen LogP contribution is -2.29. The molecular weight excluding hydrogens is 527 g/mol. The van der Waals surface area contributed by atoms with Gasteiger partial charge in [0.15, 0.2) is 11.5 Å². The Morgan fingerprint density at radius 2 is 2.05 bits per heavy atom. The maximum Gasteiger partial charge on any atom is 0.242 e. The van der Waals surface area contributed by atoms with Gasteiger partial charge in [0.1, 0.15) is 48.1 Å². The number of nitrogen functional groups attached to an aromatic ring is 1. The monoisotopic (exact) mass is 560 g/mol. The summed E-state index contributed by atoms with van der Waals surface area (Å²) in [5.74, 6) is 1.000. The molecule has 1 aliphatic heterocycles. The molecule has 214 valence electrons. The van der Waals surface area contributed by atoms with Gasteiger partial charge in [0.2, 0.25) is 5.88 Å². The van der Waals surface area contributed by atoms with Gasteiger partial charge in [0.25, 0.3) is 0 Å². The highest BCUT2D eigenvalue weighted by Gasteiger charge is 2.23. The first-order chi connectivity index (χ1) is 19.7. The molecule has 12 nitrogen and oxygen atoms in total. The lowest BCUT2D eigenvalue weighted by molar-refractivity contribution is 0.223. The number of phenolic OH excluding ortho intramolecular Hbond substituents is 1. The first kappa shape index (κ1) is 26.8. The number of fused-ring (bicyclic) bond motifs is 2. The summed E-state index contributed by atoms with van der Waals surface area (Å²) < 4.78 is 23.7. The molecule has 1 atom stereocenters. The van der Waals surface area contributed by atoms with Crippen molar-refractivity contribution in [3.05, 3.63) is 54.0 Å². The summed E-state index contributed by atoms with van der Waals surface area (Å²) in [6, 6.07) is 5.69. The Labute approximate surface area is 236 Å². The third kappa shape index (κ3) is 5.50. The molecule has 0 aliphatic carbocycles. The van der Waals surface area contributed by atoms with Gasteiger partial charge in [-0.25, -0.2) is 23.6 Å². The van der Waals surface area contributed by atoms with Crippen LogP contribution in [-0.2, 0) is 6.54 Å². The van der Waals surface area contributed by atoms with Gasteiger partial charge in [-0.3, -0.25) is 4.90 Å². The highest BCUT2D eigenvalue weighted by Crippen LogP contribution is 2.33. The van der Waals surface area contributed by atoms with Gasteiger partial charge in [-0.05, 0) is 63.7 Å². The van der Waals surface area contributed by atoms with Crippen molar-refractivity contribution < 1.29 is 14.2 Å². The average Bonchev–Trinajstić information content (AvgIpc) is 3.61. The molecule has 1 unspecified atom stereocenters. The number of hydrogen-bond donors (Lipinski definition) is 2. The number of nitrogens with two attached hydrogens (primary N) is 1. The third-order valence-corrected chi connectivity index (χ3v) is 7.37. The van der Waals surface area contributed by atoms with E-state index in [-0.39, 0.29) is 18.1 Å². The van der Waals surface area contributed by atoms with Crippen molar-refractivity contribution in [1.82, 2.24) is 44.1 Å². The van der Waals surface area contributed by atoms with E-state index < -0.39 is 5.82 Å². The topological polar surface area (TPSA) is 136 Å². The minimum Gasteiger partial charge on any atom is -0.508 e. The molecule has 13 heteroatoms. The summed E-state index contributed by atoms with van der Waals surface area (Å²) in [6.07, 6.45) is 4.41. The second-order valence-electron chi connectivity index (χ2n) is 10.9. The van der Waals surface area contributed by atoms with Gasteiger partial charge in [-0.15, -0.1) is 0 Å². The smallest absolute Gasteiger partial charge is 0.242 e. The number of phenols is 1. The number of halogens is 1. The lowest BCUT2D eigenvalue weighted by Gasteiger charge is -2.18. The number of aromatic nitrogens is 7. The van der Waals surface area contributed by atoms with E-state index in [0.29, 0.717) is 46.5 Å². The van der Waals surface area contributed by atoms with Crippen LogP contribution in [0.5, 0.6) is 11.6 Å². The minimum atomic E-state index is -0.598. The van der Waals surface area contributed by atoms with Crippen molar-refractivity contribution in [2.24, 2.45) is 5.92 Å². The van der Waals surface area contributed by atoms with E-state index >= 15 is 0 Å². The van der Waals surface area contributed by atoms with Crippen molar-refractivity contribution in [3.8, 4) is 22.9 Å². The molecule has 0 amide bonds. The second-order valence-corrected chi connectivity index (χ2v) is 10.9. The van der Waals surface area contributed by atoms with E-state index in [9.17, 15) is 9.50 Å². The van der Waals surface area contributed by atoms with Gasteiger partial charge < -0.3 is 20.5 Å². The van der Waals surface area contributed by atoms with Gasteiger partial charge in [0.05, 0.1) is 5.39 Å². The Kier molecular flexibility index (Phi) is 7.14. The zero-order chi connectivity index (χ0) is 28.7. The number of rotatable bonds is 9. The number of nitrogens with zero attached hydrogens (tertiary/aromatic N) is 9. The van der Waals surface area contributed by atoms with Crippen LogP contribution >= 0.6 is 0 Å². The van der Waals surface area contributed by atoms with Crippen LogP contribution in [0.15, 0.2) is 36.8 Å². The number of ether oxygens (including phenoxy) is 1. The summed E-state index contributed by atoms with van der Waals surface area (Å²) in [6.45, 7) is 6.71. The van der Waals surface area contributed by atoms with Crippen molar-refractivity contribution in [2.45, 2.75) is 19.9 Å². The molecule has 1 saturated heterocycles. The Bertz CT molecular complexity index is 1700. The molecular formula is C28H33FN10O2. The molecule has 1 aromatic carbocycles. The molecule has 0 radical (unpaired) electrons. The first-order valence-corrected chi connectivity index (χ1v) is 13.6. The first-order valence-electron chi connectivity index (χ1n) is 13.6. The Morgan fingerprint density at radius 1 is 1.20 bits per heavy atom. The predicted molar refractivity (Wildman–Crippen MR) is 152 cm³/mol. The summed E-state index contributed by atoms with van der Waals surface area (Å²) in [4.78, 5) is 17.9. The van der Waals surface area contributed by atoms with Crippen LogP contribution in [0.4, 0.5) is 10.2 Å². The summed E-state index contributed by atoms with van der Waals surface area (Å²) in [5, 5.41) is 19.8. The van der Waals surface area contributed by atoms with E-state index in [0.717, 1.165) is 43.3 Å². The van der Waals surface area contributed by atoms with Crippen LogP contribution in [-0.4, -0.2) is 96.1 Å². The zero-order valence-electron chi connectivity index (χ0n) is 23.3. The third-order valence-electron chi connectivity index (χ3n) is 7.37. The molecule has 1 fully saturated rings. The fraction of sp³-hybridized carbons (Fsp3) is 0.393. The minimum absolute atomic E-state index is 0.149. The van der Waals surface area contributed by atoms with Crippen LogP contribution in [0.1, 0.15) is 17.8 Å². The van der Waals surface area contributed by atoms with Crippen LogP contribution in [0, 0.1) is 18.7 Å². The second kappa shape index (κ2) is 10.9. The SMILES string of the molecule is Cc1ccn2nc(Cn3nc(-c4cc(O)cc(F)c4)c4c(N)ncnc43)nc(OCCN3CCC(CN(C)C)C3)c12. The molecule has 0 bridgehead atoms. The fourth-order valence-corrected chi connectivity index (χ4v) is 5.59. The van der Waals surface area contributed by atoms with E-state index in [4.69, 9.17) is 15.5 Å². The standard InChI is InChI=1S/C28H33FN10O2/c1-17-4-7-38-25(17)28(41-9-8-37-6-5-18(14-37)13-36(2)3)33-22(34-38)15-39-27-23(26(30)31-16-32-27)24(35-39)19-10-20(29)12-21(40)11-19/h4,7,10-12,16,18,40H,5-6,8-9,13-15H2,1-3H3,(H2,30,31,32). The quantitative estimate of drug-likeness (QED) is 0.277. The summed E-state index contributed by atoms with van der Waals surface area (Å²) in [7, 11) is 4.23. The largest absolute Gasteiger partial charge is 0.508 e. The van der Waals surface area contributed by atoms with E-state index in [1.54, 1.807) is 9.20 Å². The number of aryl methyl sites for hydroxylation is 1. The maximum absolute atomic E-state index is 14.1. The van der Waals surface area contributed by atoms with E-state index in [1.165, 1.54) is 24.9 Å². The molecule has 6 rings (SSSR count). The number of benzene rings is 1. The molecule has 0 spiro atoms. The molecule has 5 aromatic rings. The molecule has 4 aromatic heterocycles. The van der Waals surface area contributed by atoms with Crippen molar-refractivity contribution in [2.75, 3.05) is 52.6 Å². The van der Waals surface area contributed by atoms with Gasteiger partial charge in [-0.2, -0.15) is 15.2 Å². The van der Waals surface area contributed by atoms with Crippen molar-refractivity contribution >= 4 is 22.4 Å². The molecule has 0 saturated carbocycles. The van der Waals surface area contributed by atoms with Crippen LogP contribution < -0.4 is 10.5 Å². The Hall–Kier alpha value is -4.36. The summed E-state index contributed by atoms with van der Waals surface area (Å²) in [5.41, 5.74) is 9.16. The van der Waals surface area contributed by atoms with Gasteiger partial charge in [0, 0.05) is 37.5 Å². The van der Waals surface area contributed by atoms with Crippen LogP contribution in [0.25, 0.3) is 27.8 Å². The van der Waals surface area contributed by atoms with Crippen LogP contribution in [0.2, 0.25) is 0 Å². The van der Waals surface area contributed by atoms with Crippen molar-refractivity contribution in [3.63, 3.8) is 0 Å². The fourth-order valence-electron chi connectivity index (χ4n) is 5.59. The predicted octanol–water partition coefficient (Wildman–Crippen LogP) is 2.58. The van der Waals surface area contributed by atoms with Gasteiger partial charge >= 0.3 is 0 Å². The molecule has 3 N–H and O–H groups in total. The maximum atomic E-state index is 14.1. The molecule has 41 heavy (non-hydrogen) atoms. The molecule has 1 aliphatic rings. The number of hydrogen-bond acceptors (Lipinski definition) is 10. The Morgan fingerprint density at radius 3 is 2.85 bits per heavy atom. The number of aromatic hydroxyl groups is 1. The van der Waals surface area contributed by atoms with E-state index in [2.05, 4.69) is 44.1 Å². The lowest BCUT2D eigenvalue weighted by atomic mass is 10.1. The highest BCUT2D eigenvalue weighted by molar-refractivity contribution is 5.98. The normalized spacial score (nSPS) is 16.0.